The number of nitrogens with two attached hydrogens (primary N) is 1. The summed E-state index contributed by atoms with van der Waals surface area (Å²) in [7, 11) is 0. The Hall–Kier alpha value is -2.04. The van der Waals surface area contributed by atoms with E-state index in [0.29, 0.717) is 12.5 Å². The number of aliphatic imine (C=N–C) groups is 2. The molecule has 1 heterocycles. The van der Waals surface area contributed by atoms with E-state index in [0.717, 1.165) is 5.56 Å². The Kier molecular flexibility index (Phi) is 6.43. The van der Waals surface area contributed by atoms with Gasteiger partial charge in [-0.05, 0) is 0 Å². The molecule has 3 rings (SSSR count). The number of rotatable bonds is 2. The quantitative estimate of drug-likeness (QED) is 0.670. The molecule has 0 spiro atoms. The van der Waals surface area contributed by atoms with Crippen LogP contribution in [0.15, 0.2) is 74.8 Å². The van der Waals surface area contributed by atoms with Crippen LogP contribution in [-0.2, 0) is 23.6 Å². The SMILES string of the molecule is NC1=NC(=NC[c-]2cccc2)N=N1.[Fe+2].c1cc[cH-]c1. The first-order valence-electron chi connectivity index (χ1n) is 5.52. The van der Waals surface area contributed by atoms with Crippen molar-refractivity contribution in [1.29, 1.82) is 0 Å². The van der Waals surface area contributed by atoms with Gasteiger partial charge in [0, 0.05) is 6.54 Å². The standard InChI is InChI=1S/C8H8N5.C5H5.Fe/c9-7-11-8(13-12-7)10-5-6-3-1-2-4-6;1-2-4-5-3-1;/h1-4H,5H2,(H2,9,10,11);1-5H;/q2*-1;+2. The maximum atomic E-state index is 5.28. The predicted octanol–water partition coefficient (Wildman–Crippen LogP) is 2.45. The van der Waals surface area contributed by atoms with Crippen LogP contribution in [0.1, 0.15) is 5.56 Å². The van der Waals surface area contributed by atoms with E-state index >= 15 is 0 Å². The monoisotopic (exact) mass is 295 g/mol. The van der Waals surface area contributed by atoms with Gasteiger partial charge in [0.05, 0.1) is 0 Å². The largest absolute Gasteiger partial charge is 2.00 e. The van der Waals surface area contributed by atoms with Gasteiger partial charge in [-0.15, -0.1) is 15.8 Å². The van der Waals surface area contributed by atoms with Crippen molar-refractivity contribution in [2.75, 3.05) is 0 Å². The summed E-state index contributed by atoms with van der Waals surface area (Å²) >= 11 is 0. The molecule has 0 atom stereocenters. The molecule has 0 saturated heterocycles. The summed E-state index contributed by atoms with van der Waals surface area (Å²) in [6.45, 7) is 0.568. The summed E-state index contributed by atoms with van der Waals surface area (Å²) in [4.78, 5) is 7.90. The Labute approximate surface area is 122 Å². The van der Waals surface area contributed by atoms with Gasteiger partial charge in [0.2, 0.25) is 5.96 Å². The van der Waals surface area contributed by atoms with Crippen LogP contribution >= 0.6 is 0 Å². The number of guanidine groups is 2. The minimum absolute atomic E-state index is 0. The van der Waals surface area contributed by atoms with E-state index < -0.39 is 0 Å². The van der Waals surface area contributed by atoms with Crippen molar-refractivity contribution in [3.8, 4) is 0 Å². The van der Waals surface area contributed by atoms with Crippen LogP contribution in [0, 0.1) is 0 Å². The smallest absolute Gasteiger partial charge is 0.366 e. The van der Waals surface area contributed by atoms with E-state index in [-0.39, 0.29) is 23.0 Å². The third-order valence-corrected chi connectivity index (χ3v) is 2.15. The van der Waals surface area contributed by atoms with E-state index in [4.69, 9.17) is 5.73 Å². The zero-order valence-corrected chi connectivity index (χ0v) is 11.2. The second-order valence-electron chi connectivity index (χ2n) is 3.54. The number of nitrogens with zero attached hydrogens (tertiary/aromatic N) is 4. The molecule has 2 aromatic carbocycles. The van der Waals surface area contributed by atoms with Crippen molar-refractivity contribution in [3.05, 3.63) is 60.2 Å². The average molecular weight is 295 g/mol. The molecule has 5 nitrogen and oxygen atoms in total. The van der Waals surface area contributed by atoms with Crippen LogP contribution in [0.25, 0.3) is 0 Å². The zero-order chi connectivity index (χ0) is 12.6. The maximum absolute atomic E-state index is 5.28. The summed E-state index contributed by atoms with van der Waals surface area (Å²) < 4.78 is 0. The Morgan fingerprint density at radius 2 is 1.79 bits per heavy atom. The molecular weight excluding hydrogens is 282 g/mol. The van der Waals surface area contributed by atoms with Crippen LogP contribution in [-0.4, -0.2) is 11.9 Å². The minimum atomic E-state index is 0. The van der Waals surface area contributed by atoms with E-state index in [9.17, 15) is 0 Å². The van der Waals surface area contributed by atoms with E-state index in [1.54, 1.807) is 0 Å². The fourth-order valence-corrected chi connectivity index (χ4v) is 1.31. The summed E-state index contributed by atoms with van der Waals surface area (Å²) in [5.41, 5.74) is 6.41. The van der Waals surface area contributed by atoms with Gasteiger partial charge in [0.1, 0.15) is 0 Å². The Bertz CT molecular complexity index is 520. The molecule has 2 N–H and O–H groups in total. The van der Waals surface area contributed by atoms with Crippen LogP contribution in [0.5, 0.6) is 0 Å². The number of hydrogen-bond acceptors (Lipinski definition) is 3. The fraction of sp³-hybridized carbons (Fsp3) is 0.0769. The molecule has 0 aromatic heterocycles. The zero-order valence-electron chi connectivity index (χ0n) is 10.1. The Morgan fingerprint density at radius 3 is 2.26 bits per heavy atom. The summed E-state index contributed by atoms with van der Waals surface area (Å²) in [6.07, 6.45) is 0. The van der Waals surface area contributed by atoms with Gasteiger partial charge in [-0.3, -0.25) is 4.99 Å². The van der Waals surface area contributed by atoms with Gasteiger partial charge in [0.15, 0.2) is 0 Å². The average Bonchev–Trinajstić information content (AvgIpc) is 3.12. The molecule has 1 aliphatic heterocycles. The molecule has 0 saturated carbocycles. The van der Waals surface area contributed by atoms with Crippen molar-refractivity contribution in [3.63, 3.8) is 0 Å². The Morgan fingerprint density at radius 1 is 1.11 bits per heavy atom. The van der Waals surface area contributed by atoms with E-state index in [2.05, 4.69) is 20.2 Å². The van der Waals surface area contributed by atoms with Crippen LogP contribution in [0.3, 0.4) is 0 Å². The van der Waals surface area contributed by atoms with Gasteiger partial charge in [-0.1, -0.05) is 0 Å². The van der Waals surface area contributed by atoms with Gasteiger partial charge in [-0.2, -0.15) is 35.3 Å². The summed E-state index contributed by atoms with van der Waals surface area (Å²) in [6, 6.07) is 17.9. The maximum Gasteiger partial charge on any atom is 2.00 e. The molecule has 19 heavy (non-hydrogen) atoms. The minimum Gasteiger partial charge on any atom is -0.366 e. The normalized spacial score (nSPS) is 14.5. The first-order chi connectivity index (χ1) is 8.84. The van der Waals surface area contributed by atoms with Crippen molar-refractivity contribution < 1.29 is 17.1 Å². The third-order valence-electron chi connectivity index (χ3n) is 2.15. The third kappa shape index (κ3) is 5.42. The molecule has 0 bridgehead atoms. The van der Waals surface area contributed by atoms with Crippen molar-refractivity contribution in [1.82, 2.24) is 0 Å². The first-order valence-corrected chi connectivity index (χ1v) is 5.52. The van der Waals surface area contributed by atoms with Crippen LogP contribution in [0.2, 0.25) is 0 Å². The van der Waals surface area contributed by atoms with Gasteiger partial charge in [-0.25, -0.2) is 24.3 Å². The van der Waals surface area contributed by atoms with Gasteiger partial charge >= 0.3 is 17.1 Å². The molecule has 0 radical (unpaired) electrons. The predicted molar refractivity (Wildman–Crippen MR) is 71.7 cm³/mol. The number of azo groups is 1. The second-order valence-corrected chi connectivity index (χ2v) is 3.54. The second kappa shape index (κ2) is 8.13. The molecule has 0 fully saturated rings. The molecule has 0 unspecified atom stereocenters. The summed E-state index contributed by atoms with van der Waals surface area (Å²) in [5.74, 6) is 0.514. The van der Waals surface area contributed by atoms with Gasteiger partial charge in [0.25, 0.3) is 5.96 Å². The van der Waals surface area contributed by atoms with Crippen molar-refractivity contribution in [2.45, 2.75) is 6.54 Å². The molecule has 98 valence electrons. The van der Waals surface area contributed by atoms with Crippen LogP contribution < -0.4 is 5.73 Å². The molecular formula is C13H13FeN5. The number of hydrogen-bond donors (Lipinski definition) is 1. The van der Waals surface area contributed by atoms with Crippen LogP contribution in [0.4, 0.5) is 0 Å². The summed E-state index contributed by atoms with van der Waals surface area (Å²) in [5, 5.41) is 7.20. The van der Waals surface area contributed by atoms with Crippen molar-refractivity contribution >= 4 is 11.9 Å². The topological polar surface area (TPSA) is 75.5 Å². The van der Waals surface area contributed by atoms with Gasteiger partial charge < -0.3 is 5.73 Å². The molecule has 2 aromatic rings. The Balaban J connectivity index is 0.000000256. The van der Waals surface area contributed by atoms with E-state index in [1.807, 2.05) is 54.6 Å². The molecule has 0 amide bonds. The molecule has 0 aliphatic carbocycles. The molecule has 6 heteroatoms. The van der Waals surface area contributed by atoms with Crippen molar-refractivity contribution in [2.24, 2.45) is 25.9 Å². The van der Waals surface area contributed by atoms with E-state index in [1.165, 1.54) is 0 Å². The fourth-order valence-electron chi connectivity index (χ4n) is 1.31. The molecule has 1 aliphatic rings. The first kappa shape index (κ1) is 15.0.